The molecule has 0 aliphatic heterocycles. The van der Waals surface area contributed by atoms with Crippen molar-refractivity contribution in [1.82, 2.24) is 0 Å². The number of ether oxygens (including phenoxy) is 2. The van der Waals surface area contributed by atoms with E-state index in [9.17, 15) is 4.79 Å². The Hall–Kier alpha value is -3.48. The van der Waals surface area contributed by atoms with Gasteiger partial charge in [-0.05, 0) is 41.0 Å². The Bertz CT molecular complexity index is 875. The molecule has 0 saturated heterocycles. The van der Waals surface area contributed by atoms with Crippen molar-refractivity contribution in [2.24, 2.45) is 5.90 Å². The zero-order valence-corrected chi connectivity index (χ0v) is 15.7. The molecule has 1 atom stereocenters. The average molecular weight is 390 g/mol. The number of hydrogen-bond donors (Lipinski definition) is 2. The van der Waals surface area contributed by atoms with Crippen LogP contribution in [0.5, 0.6) is 5.75 Å². The first-order chi connectivity index (χ1) is 14.2. The molecule has 3 rings (SSSR count). The summed E-state index contributed by atoms with van der Waals surface area (Å²) in [5.74, 6) is 5.24. The molecule has 0 aliphatic carbocycles. The fraction of sp³-hybridized carbons (Fsp3) is 0.130. The molecular formula is C23H22N2O4. The number of rotatable bonds is 9. The Labute approximate surface area is 169 Å². The second kappa shape index (κ2) is 10.2. The third-order valence-corrected chi connectivity index (χ3v) is 4.31. The van der Waals surface area contributed by atoms with Crippen molar-refractivity contribution < 1.29 is 19.1 Å². The Morgan fingerprint density at radius 2 is 1.45 bits per heavy atom. The fourth-order valence-electron chi connectivity index (χ4n) is 2.77. The largest absolute Gasteiger partial charge is 0.490 e. The Balaban J connectivity index is 1.70. The van der Waals surface area contributed by atoms with Crippen LogP contribution in [-0.4, -0.2) is 24.9 Å². The Morgan fingerprint density at radius 3 is 1.93 bits per heavy atom. The second-order valence-electron chi connectivity index (χ2n) is 6.29. The zero-order chi connectivity index (χ0) is 20.5. The molecular weight excluding hydrogens is 368 g/mol. The van der Waals surface area contributed by atoms with E-state index < -0.39 is 18.2 Å². The van der Waals surface area contributed by atoms with Crippen LogP contribution in [0.1, 0.15) is 22.8 Å². The highest BCUT2D eigenvalue weighted by Crippen LogP contribution is 2.26. The van der Waals surface area contributed by atoms with Crippen LogP contribution < -0.4 is 10.6 Å². The van der Waals surface area contributed by atoms with Crippen molar-refractivity contribution in [1.29, 1.82) is 5.41 Å². The summed E-state index contributed by atoms with van der Waals surface area (Å²) in [7, 11) is 0. The highest BCUT2D eigenvalue weighted by molar-refractivity contribution is 5.77. The molecule has 0 fully saturated rings. The first-order valence-electron chi connectivity index (χ1n) is 9.10. The quantitative estimate of drug-likeness (QED) is 0.330. The van der Waals surface area contributed by atoms with E-state index in [1.807, 2.05) is 60.7 Å². The van der Waals surface area contributed by atoms with Gasteiger partial charge in [-0.3, -0.25) is 4.84 Å². The Morgan fingerprint density at radius 1 is 0.897 bits per heavy atom. The van der Waals surface area contributed by atoms with Gasteiger partial charge >= 0.3 is 5.97 Å². The molecule has 6 nitrogen and oxygen atoms in total. The lowest BCUT2D eigenvalue weighted by atomic mass is 10.0. The molecule has 148 valence electrons. The van der Waals surface area contributed by atoms with E-state index in [1.54, 1.807) is 24.3 Å². The summed E-state index contributed by atoms with van der Waals surface area (Å²) in [6.07, 6.45) is -0.443. The molecule has 0 radical (unpaired) electrons. The van der Waals surface area contributed by atoms with Crippen molar-refractivity contribution in [3.05, 3.63) is 102 Å². The standard InChI is InChI=1S/C23H22N2O4/c24-15-17-11-13-20(14-12-17)27-16-21(29-25)23(26)28-22(18-7-3-1-4-8-18)19-9-5-2-6-10-19/h1-15,21-22,24H,16,25H2. The maximum absolute atomic E-state index is 12.7. The normalized spacial score (nSPS) is 11.7. The van der Waals surface area contributed by atoms with E-state index in [1.165, 1.54) is 6.21 Å². The van der Waals surface area contributed by atoms with Gasteiger partial charge in [0.25, 0.3) is 0 Å². The molecule has 0 saturated carbocycles. The van der Waals surface area contributed by atoms with Crippen LogP contribution in [0.15, 0.2) is 84.9 Å². The fourth-order valence-corrected chi connectivity index (χ4v) is 2.77. The molecule has 0 aliphatic rings. The molecule has 29 heavy (non-hydrogen) atoms. The van der Waals surface area contributed by atoms with Crippen LogP contribution in [0.2, 0.25) is 0 Å². The summed E-state index contributed by atoms with van der Waals surface area (Å²) in [5.41, 5.74) is 2.42. The van der Waals surface area contributed by atoms with Gasteiger partial charge in [0.2, 0.25) is 6.10 Å². The molecule has 0 spiro atoms. The summed E-state index contributed by atoms with van der Waals surface area (Å²) < 4.78 is 11.3. The zero-order valence-electron chi connectivity index (χ0n) is 15.7. The van der Waals surface area contributed by atoms with Crippen LogP contribution in [-0.2, 0) is 14.4 Å². The van der Waals surface area contributed by atoms with Crippen molar-refractivity contribution in [3.63, 3.8) is 0 Å². The maximum Gasteiger partial charge on any atom is 0.341 e. The molecule has 3 aromatic carbocycles. The SMILES string of the molecule is N=Cc1ccc(OCC(ON)C(=O)OC(c2ccccc2)c2ccccc2)cc1. The van der Waals surface area contributed by atoms with Crippen molar-refractivity contribution in [3.8, 4) is 5.75 Å². The predicted octanol–water partition coefficient (Wildman–Crippen LogP) is 3.65. The minimum Gasteiger partial charge on any atom is -0.490 e. The van der Waals surface area contributed by atoms with Crippen LogP contribution in [0, 0.1) is 5.41 Å². The van der Waals surface area contributed by atoms with Crippen LogP contribution >= 0.6 is 0 Å². The van der Waals surface area contributed by atoms with Gasteiger partial charge in [-0.15, -0.1) is 0 Å². The third kappa shape index (κ3) is 5.51. The van der Waals surface area contributed by atoms with Crippen LogP contribution in [0.25, 0.3) is 0 Å². The second-order valence-corrected chi connectivity index (χ2v) is 6.29. The summed E-state index contributed by atoms with van der Waals surface area (Å²) in [5, 5.41) is 7.21. The lowest BCUT2D eigenvalue weighted by Crippen LogP contribution is -2.35. The van der Waals surface area contributed by atoms with Gasteiger partial charge < -0.3 is 14.9 Å². The average Bonchev–Trinajstić information content (AvgIpc) is 2.79. The molecule has 3 N–H and O–H groups in total. The van der Waals surface area contributed by atoms with E-state index in [0.717, 1.165) is 16.7 Å². The van der Waals surface area contributed by atoms with Gasteiger partial charge in [0, 0.05) is 6.21 Å². The van der Waals surface area contributed by atoms with E-state index >= 15 is 0 Å². The summed E-state index contributed by atoms with van der Waals surface area (Å²) in [4.78, 5) is 17.5. The van der Waals surface area contributed by atoms with Crippen LogP contribution in [0.3, 0.4) is 0 Å². The first-order valence-corrected chi connectivity index (χ1v) is 9.10. The topological polar surface area (TPSA) is 94.6 Å². The van der Waals surface area contributed by atoms with Gasteiger partial charge in [-0.1, -0.05) is 60.7 Å². The van der Waals surface area contributed by atoms with Gasteiger partial charge in [0.15, 0.2) is 6.10 Å². The lowest BCUT2D eigenvalue weighted by Gasteiger charge is -2.22. The monoisotopic (exact) mass is 390 g/mol. The number of hydrogen-bond acceptors (Lipinski definition) is 6. The van der Waals surface area contributed by atoms with Gasteiger partial charge in [-0.25, -0.2) is 10.7 Å². The van der Waals surface area contributed by atoms with Gasteiger partial charge in [0.05, 0.1) is 0 Å². The van der Waals surface area contributed by atoms with Crippen molar-refractivity contribution >= 4 is 12.2 Å². The number of nitrogens with one attached hydrogen (secondary N) is 1. The number of carbonyl (C=O) groups is 1. The number of benzene rings is 3. The highest BCUT2D eigenvalue weighted by Gasteiger charge is 2.26. The smallest absolute Gasteiger partial charge is 0.341 e. The molecule has 6 heteroatoms. The maximum atomic E-state index is 12.7. The minimum atomic E-state index is -1.09. The van der Waals surface area contributed by atoms with E-state index in [0.29, 0.717) is 5.75 Å². The van der Waals surface area contributed by atoms with Crippen molar-refractivity contribution in [2.45, 2.75) is 12.2 Å². The summed E-state index contributed by atoms with van der Waals surface area (Å²) in [6.45, 7) is -0.102. The van der Waals surface area contributed by atoms with E-state index in [2.05, 4.69) is 0 Å². The van der Waals surface area contributed by atoms with Gasteiger partial charge in [0.1, 0.15) is 12.4 Å². The number of esters is 1. The number of nitrogens with two attached hydrogens (primary N) is 1. The summed E-state index contributed by atoms with van der Waals surface area (Å²) >= 11 is 0. The predicted molar refractivity (Wildman–Crippen MR) is 110 cm³/mol. The third-order valence-electron chi connectivity index (χ3n) is 4.31. The van der Waals surface area contributed by atoms with Crippen LogP contribution in [0.4, 0.5) is 0 Å². The molecule has 0 amide bonds. The highest BCUT2D eigenvalue weighted by atomic mass is 16.7. The molecule has 1 unspecified atom stereocenters. The molecule has 3 aromatic rings. The minimum absolute atomic E-state index is 0.102. The summed E-state index contributed by atoms with van der Waals surface area (Å²) in [6, 6.07) is 25.8. The first kappa shape index (κ1) is 20.3. The number of carbonyl (C=O) groups excluding carboxylic acids is 1. The molecule has 0 bridgehead atoms. The Kier molecular flexibility index (Phi) is 7.10. The molecule has 0 aromatic heterocycles. The van der Waals surface area contributed by atoms with Crippen molar-refractivity contribution in [2.75, 3.05) is 6.61 Å². The molecule has 0 heterocycles. The lowest BCUT2D eigenvalue weighted by molar-refractivity contribution is -0.163. The van der Waals surface area contributed by atoms with Gasteiger partial charge in [-0.2, -0.15) is 0 Å². The van der Waals surface area contributed by atoms with E-state index in [4.69, 9.17) is 25.6 Å². The van der Waals surface area contributed by atoms with E-state index in [-0.39, 0.29) is 6.61 Å².